The fraction of sp³-hybridized carbons (Fsp3) is 0.385. The van der Waals surface area contributed by atoms with E-state index in [1.54, 1.807) is 0 Å². The zero-order chi connectivity index (χ0) is 16.4. The van der Waals surface area contributed by atoms with Gasteiger partial charge in [0.2, 0.25) is 5.91 Å². The Hall–Kier alpha value is -2.25. The first-order chi connectivity index (χ1) is 9.54. The number of aromatic carboxylic acids is 1. The Kier molecular flexibility index (Phi) is 4.82. The lowest BCUT2D eigenvalue weighted by atomic mass is 10.1. The number of carboxylic acid groups (broad SMARTS) is 1. The van der Waals surface area contributed by atoms with Crippen LogP contribution in [0.4, 0.5) is 18.9 Å². The van der Waals surface area contributed by atoms with Crippen LogP contribution >= 0.6 is 0 Å². The maximum absolute atomic E-state index is 12.6. The average molecular weight is 304 g/mol. The molecule has 0 radical (unpaired) electrons. The molecule has 0 aliphatic heterocycles. The molecule has 8 heteroatoms. The molecule has 1 aromatic rings. The molecule has 0 saturated heterocycles. The van der Waals surface area contributed by atoms with Gasteiger partial charge in [0.05, 0.1) is 23.4 Å². The van der Waals surface area contributed by atoms with Crippen molar-refractivity contribution in [1.82, 2.24) is 4.90 Å². The van der Waals surface area contributed by atoms with Gasteiger partial charge in [-0.15, -0.1) is 0 Å². The molecule has 0 heterocycles. The second-order valence-electron chi connectivity index (χ2n) is 4.68. The maximum Gasteiger partial charge on any atom is 0.416 e. The lowest BCUT2D eigenvalue weighted by molar-refractivity contribution is -0.137. The predicted octanol–water partition coefficient (Wildman–Crippen LogP) is 1.93. The number of halogens is 3. The molecule has 0 bridgehead atoms. The van der Waals surface area contributed by atoms with Gasteiger partial charge in [-0.25, -0.2) is 4.79 Å². The molecule has 0 aliphatic carbocycles. The summed E-state index contributed by atoms with van der Waals surface area (Å²) in [7, 11) is 4.50. The zero-order valence-corrected chi connectivity index (χ0v) is 11.7. The maximum atomic E-state index is 12.6. The van der Waals surface area contributed by atoms with Crippen LogP contribution in [0.3, 0.4) is 0 Å². The molecule has 5 nitrogen and oxygen atoms in total. The predicted molar refractivity (Wildman–Crippen MR) is 70.4 cm³/mol. The SMILES string of the molecule is CN(C)C(=O)CN(C)c1ccc(C(F)(F)F)cc1C(=O)O. The van der Waals surface area contributed by atoms with Crippen LogP contribution in [0.5, 0.6) is 0 Å². The van der Waals surface area contributed by atoms with Crippen LogP contribution in [-0.2, 0) is 11.0 Å². The molecule has 0 fully saturated rings. The van der Waals surface area contributed by atoms with Crippen molar-refractivity contribution >= 4 is 17.6 Å². The summed E-state index contributed by atoms with van der Waals surface area (Å²) in [4.78, 5) is 25.3. The van der Waals surface area contributed by atoms with E-state index in [0.717, 1.165) is 12.1 Å². The van der Waals surface area contributed by atoms with Crippen LogP contribution in [0.2, 0.25) is 0 Å². The highest BCUT2D eigenvalue weighted by Gasteiger charge is 2.32. The van der Waals surface area contributed by atoms with Gasteiger partial charge in [-0.05, 0) is 18.2 Å². The number of nitrogens with zero attached hydrogens (tertiary/aromatic N) is 2. The van der Waals surface area contributed by atoms with E-state index in [-0.39, 0.29) is 18.1 Å². The fourth-order valence-electron chi connectivity index (χ4n) is 1.65. The van der Waals surface area contributed by atoms with E-state index in [4.69, 9.17) is 5.11 Å². The smallest absolute Gasteiger partial charge is 0.416 e. The van der Waals surface area contributed by atoms with E-state index in [9.17, 15) is 22.8 Å². The van der Waals surface area contributed by atoms with Crippen molar-refractivity contribution in [3.05, 3.63) is 29.3 Å². The highest BCUT2D eigenvalue weighted by Crippen LogP contribution is 2.32. The largest absolute Gasteiger partial charge is 0.478 e. The third-order valence-electron chi connectivity index (χ3n) is 2.84. The van der Waals surface area contributed by atoms with E-state index in [1.165, 1.54) is 30.9 Å². The second-order valence-corrected chi connectivity index (χ2v) is 4.68. The molecule has 21 heavy (non-hydrogen) atoms. The van der Waals surface area contributed by atoms with Gasteiger partial charge in [-0.1, -0.05) is 0 Å². The number of amides is 1. The number of carbonyl (C=O) groups excluding carboxylic acids is 1. The number of rotatable bonds is 4. The molecule has 0 unspecified atom stereocenters. The number of alkyl halides is 3. The molecule has 116 valence electrons. The van der Waals surface area contributed by atoms with Crippen molar-refractivity contribution in [3.8, 4) is 0 Å². The number of carbonyl (C=O) groups is 2. The lowest BCUT2D eigenvalue weighted by Gasteiger charge is -2.23. The van der Waals surface area contributed by atoms with Gasteiger partial charge in [0, 0.05) is 21.1 Å². The summed E-state index contributed by atoms with van der Waals surface area (Å²) in [6, 6.07) is 2.40. The summed E-state index contributed by atoms with van der Waals surface area (Å²) in [5.74, 6) is -1.78. The third-order valence-corrected chi connectivity index (χ3v) is 2.84. The normalized spacial score (nSPS) is 11.1. The number of hydrogen-bond acceptors (Lipinski definition) is 3. The highest BCUT2D eigenvalue weighted by molar-refractivity contribution is 5.95. The Morgan fingerprint density at radius 2 is 1.76 bits per heavy atom. The molecular formula is C13H15F3N2O3. The van der Waals surface area contributed by atoms with Crippen LogP contribution < -0.4 is 4.90 Å². The molecule has 0 atom stereocenters. The molecule has 1 aromatic carbocycles. The van der Waals surface area contributed by atoms with Crippen LogP contribution in [0.1, 0.15) is 15.9 Å². The molecule has 0 aromatic heterocycles. The van der Waals surface area contributed by atoms with Gasteiger partial charge in [-0.2, -0.15) is 13.2 Å². The molecule has 0 saturated carbocycles. The summed E-state index contributed by atoms with van der Waals surface area (Å²) in [5, 5.41) is 9.06. The number of likely N-dealkylation sites (N-methyl/N-ethyl adjacent to an activating group) is 2. The first-order valence-corrected chi connectivity index (χ1v) is 5.90. The second kappa shape index (κ2) is 6.02. The van der Waals surface area contributed by atoms with Crippen molar-refractivity contribution in [2.45, 2.75) is 6.18 Å². The average Bonchev–Trinajstić information content (AvgIpc) is 2.36. The summed E-state index contributed by atoms with van der Waals surface area (Å²) in [6.07, 6.45) is -4.62. The lowest BCUT2D eigenvalue weighted by Crippen LogP contribution is -2.35. The first kappa shape index (κ1) is 16.8. The third kappa shape index (κ3) is 4.11. The minimum Gasteiger partial charge on any atom is -0.478 e. The van der Waals surface area contributed by atoms with Gasteiger partial charge in [0.1, 0.15) is 0 Å². The molecule has 0 aliphatic rings. The quantitative estimate of drug-likeness (QED) is 0.923. The summed E-state index contributed by atoms with van der Waals surface area (Å²) < 4.78 is 37.8. The molecule has 1 rings (SSSR count). The number of hydrogen-bond donors (Lipinski definition) is 1. The van der Waals surface area contributed by atoms with Crippen LogP contribution in [0.25, 0.3) is 0 Å². The summed E-state index contributed by atoms with van der Waals surface area (Å²) in [5.41, 5.74) is -1.50. The Morgan fingerprint density at radius 3 is 2.19 bits per heavy atom. The van der Waals surface area contributed by atoms with Gasteiger partial charge >= 0.3 is 12.1 Å². The van der Waals surface area contributed by atoms with Gasteiger partial charge in [0.15, 0.2) is 0 Å². The first-order valence-electron chi connectivity index (χ1n) is 5.90. The van der Waals surface area contributed by atoms with Gasteiger partial charge in [-0.3, -0.25) is 4.79 Å². The van der Waals surface area contributed by atoms with Crippen LogP contribution in [0.15, 0.2) is 18.2 Å². The summed E-state index contributed by atoms with van der Waals surface area (Å²) >= 11 is 0. The van der Waals surface area contributed by atoms with Crippen molar-refractivity contribution in [1.29, 1.82) is 0 Å². The molecular weight excluding hydrogens is 289 g/mol. The van der Waals surface area contributed by atoms with E-state index in [0.29, 0.717) is 6.07 Å². The standard InChI is InChI=1S/C13H15F3N2O3/c1-17(2)11(19)7-18(3)10-5-4-8(13(14,15)16)6-9(10)12(20)21/h4-6H,7H2,1-3H3,(H,20,21). The number of benzene rings is 1. The Balaban J connectivity index is 3.18. The van der Waals surface area contributed by atoms with Gasteiger partial charge < -0.3 is 14.9 Å². The van der Waals surface area contributed by atoms with E-state index < -0.39 is 23.3 Å². The van der Waals surface area contributed by atoms with Crippen molar-refractivity contribution in [3.63, 3.8) is 0 Å². The Bertz CT molecular complexity index is 556. The zero-order valence-electron chi connectivity index (χ0n) is 11.7. The topological polar surface area (TPSA) is 60.9 Å². The van der Waals surface area contributed by atoms with Crippen molar-refractivity contribution in [2.75, 3.05) is 32.6 Å². The molecule has 1 N–H and O–H groups in total. The van der Waals surface area contributed by atoms with E-state index in [2.05, 4.69) is 0 Å². The number of anilines is 1. The minimum atomic E-state index is -4.62. The van der Waals surface area contributed by atoms with Gasteiger partial charge in [0.25, 0.3) is 0 Å². The molecule has 1 amide bonds. The molecule has 0 spiro atoms. The minimum absolute atomic E-state index is 0.0469. The van der Waals surface area contributed by atoms with Crippen molar-refractivity contribution in [2.24, 2.45) is 0 Å². The monoisotopic (exact) mass is 304 g/mol. The van der Waals surface area contributed by atoms with Crippen LogP contribution in [-0.4, -0.2) is 49.6 Å². The van der Waals surface area contributed by atoms with E-state index >= 15 is 0 Å². The van der Waals surface area contributed by atoms with Crippen LogP contribution in [0, 0.1) is 0 Å². The Labute approximate surface area is 119 Å². The van der Waals surface area contributed by atoms with Crippen molar-refractivity contribution < 1.29 is 27.9 Å². The van der Waals surface area contributed by atoms with E-state index in [1.807, 2.05) is 0 Å². The highest BCUT2D eigenvalue weighted by atomic mass is 19.4. The number of carboxylic acids is 1. The summed E-state index contributed by atoms with van der Waals surface area (Å²) in [6.45, 7) is -0.140. The fourth-order valence-corrected chi connectivity index (χ4v) is 1.65. The Morgan fingerprint density at radius 1 is 1.19 bits per heavy atom.